The maximum Gasteiger partial charge on any atom is 0.416 e. The minimum atomic E-state index is -4.47. The molecule has 0 aliphatic rings. The third-order valence-corrected chi connectivity index (χ3v) is 5.92. The molecular weight excluding hydrogens is 471 g/mol. The standard InChI is InChI=1S/C27H18F3N3O3/c28-27(29,30)19-9-6-16(7-10-19)14-33-25(21-5-1-3-17-4-2-12-31-24(17)21)32-22-13-18(23(35)15-34)8-11-20(22)26(33)36/h1-13,34H,14-15H2. The second-order valence-corrected chi connectivity index (χ2v) is 8.22. The number of Topliss-reactive ketones (excluding diaryl/α,β-unsaturated/α-hetero) is 1. The lowest BCUT2D eigenvalue weighted by Gasteiger charge is -2.16. The topological polar surface area (TPSA) is 85.1 Å². The van der Waals surface area contributed by atoms with Crippen LogP contribution in [-0.2, 0) is 12.7 Å². The molecule has 0 aliphatic carbocycles. The van der Waals surface area contributed by atoms with Crippen molar-refractivity contribution in [3.8, 4) is 11.4 Å². The van der Waals surface area contributed by atoms with Crippen molar-refractivity contribution in [1.82, 2.24) is 14.5 Å². The van der Waals surface area contributed by atoms with Gasteiger partial charge in [-0.3, -0.25) is 19.1 Å². The number of pyridine rings is 1. The van der Waals surface area contributed by atoms with Gasteiger partial charge in [0.05, 0.1) is 28.5 Å². The van der Waals surface area contributed by atoms with Gasteiger partial charge in [0.2, 0.25) is 0 Å². The number of aliphatic hydroxyl groups excluding tert-OH is 1. The Morgan fingerprint density at radius 2 is 1.72 bits per heavy atom. The Hall–Kier alpha value is -4.37. The fraction of sp³-hybridized carbons (Fsp3) is 0.111. The van der Waals surface area contributed by atoms with Gasteiger partial charge < -0.3 is 5.11 Å². The molecule has 0 aliphatic heterocycles. The highest BCUT2D eigenvalue weighted by Crippen LogP contribution is 2.30. The first-order valence-electron chi connectivity index (χ1n) is 10.9. The summed E-state index contributed by atoms with van der Waals surface area (Å²) >= 11 is 0. The first-order chi connectivity index (χ1) is 17.3. The van der Waals surface area contributed by atoms with E-state index in [2.05, 4.69) is 4.98 Å². The van der Waals surface area contributed by atoms with E-state index in [4.69, 9.17) is 4.98 Å². The number of aromatic nitrogens is 3. The molecule has 36 heavy (non-hydrogen) atoms. The quantitative estimate of drug-likeness (QED) is 0.357. The molecule has 0 saturated heterocycles. The number of benzene rings is 3. The van der Waals surface area contributed by atoms with E-state index in [1.807, 2.05) is 12.1 Å². The van der Waals surface area contributed by atoms with E-state index in [0.29, 0.717) is 16.6 Å². The zero-order valence-corrected chi connectivity index (χ0v) is 18.7. The number of aliphatic hydroxyl groups is 1. The summed E-state index contributed by atoms with van der Waals surface area (Å²) in [5.41, 5.74) is 0.881. The van der Waals surface area contributed by atoms with Crippen LogP contribution in [0, 0.1) is 0 Å². The van der Waals surface area contributed by atoms with E-state index in [1.165, 1.54) is 34.9 Å². The summed E-state index contributed by atoms with van der Waals surface area (Å²) in [6.45, 7) is -0.716. The summed E-state index contributed by atoms with van der Waals surface area (Å²) in [6, 6.07) is 18.0. The molecule has 1 N–H and O–H groups in total. The number of nitrogens with zero attached hydrogens (tertiary/aromatic N) is 3. The fourth-order valence-corrected chi connectivity index (χ4v) is 4.10. The summed E-state index contributed by atoms with van der Waals surface area (Å²) in [4.78, 5) is 34.8. The van der Waals surface area contributed by atoms with Crippen molar-refractivity contribution in [3.63, 3.8) is 0 Å². The number of carbonyl (C=O) groups is 1. The van der Waals surface area contributed by atoms with Crippen molar-refractivity contribution in [2.45, 2.75) is 12.7 Å². The average Bonchev–Trinajstić information content (AvgIpc) is 2.89. The largest absolute Gasteiger partial charge is 0.416 e. The molecule has 9 heteroatoms. The molecule has 0 amide bonds. The smallest absolute Gasteiger partial charge is 0.388 e. The van der Waals surface area contributed by atoms with Crippen molar-refractivity contribution in [1.29, 1.82) is 0 Å². The molecule has 5 aromatic rings. The van der Waals surface area contributed by atoms with E-state index in [-0.39, 0.29) is 28.8 Å². The van der Waals surface area contributed by atoms with Crippen molar-refractivity contribution in [3.05, 3.63) is 106 Å². The number of fused-ring (bicyclic) bond motifs is 2. The third kappa shape index (κ3) is 4.25. The first kappa shape index (κ1) is 23.4. The van der Waals surface area contributed by atoms with Crippen LogP contribution in [0.4, 0.5) is 13.2 Å². The normalized spacial score (nSPS) is 11.8. The molecule has 5 rings (SSSR count). The molecule has 2 aromatic heterocycles. The van der Waals surface area contributed by atoms with E-state index >= 15 is 0 Å². The zero-order chi connectivity index (χ0) is 25.4. The average molecular weight is 489 g/mol. The van der Waals surface area contributed by atoms with E-state index in [9.17, 15) is 27.9 Å². The van der Waals surface area contributed by atoms with Gasteiger partial charge in [-0.2, -0.15) is 13.2 Å². The summed E-state index contributed by atoms with van der Waals surface area (Å²) in [5.74, 6) is -0.258. The van der Waals surface area contributed by atoms with Crippen LogP contribution in [0.5, 0.6) is 0 Å². The second-order valence-electron chi connectivity index (χ2n) is 8.22. The Bertz CT molecular complexity index is 1670. The summed E-state index contributed by atoms with van der Waals surface area (Å²) in [5, 5.41) is 10.3. The van der Waals surface area contributed by atoms with Gasteiger partial charge in [-0.1, -0.05) is 36.4 Å². The van der Waals surface area contributed by atoms with Crippen molar-refractivity contribution < 1.29 is 23.1 Å². The van der Waals surface area contributed by atoms with Gasteiger partial charge in [-0.25, -0.2) is 4.98 Å². The van der Waals surface area contributed by atoms with Crippen molar-refractivity contribution >= 4 is 27.6 Å². The number of halogens is 3. The third-order valence-electron chi connectivity index (χ3n) is 5.92. The van der Waals surface area contributed by atoms with E-state index in [1.54, 1.807) is 24.4 Å². The number of hydrogen-bond acceptors (Lipinski definition) is 5. The molecule has 0 atom stereocenters. The summed E-state index contributed by atoms with van der Waals surface area (Å²) in [6.07, 6.45) is -2.85. The SMILES string of the molecule is O=C(CO)c1ccc2c(=O)n(Cc3ccc(C(F)(F)F)cc3)c(-c3cccc4cccnc34)nc2c1. The Morgan fingerprint density at radius 3 is 2.44 bits per heavy atom. The molecule has 6 nitrogen and oxygen atoms in total. The molecule has 0 spiro atoms. The summed E-state index contributed by atoms with van der Waals surface area (Å²) < 4.78 is 40.5. The highest BCUT2D eigenvalue weighted by molar-refractivity contribution is 6.00. The van der Waals surface area contributed by atoms with Crippen LogP contribution in [0.25, 0.3) is 33.2 Å². The van der Waals surface area contributed by atoms with Gasteiger partial charge in [0.15, 0.2) is 5.78 Å². The van der Waals surface area contributed by atoms with Crippen LogP contribution >= 0.6 is 0 Å². The van der Waals surface area contributed by atoms with Gasteiger partial charge in [0.25, 0.3) is 5.56 Å². The van der Waals surface area contributed by atoms with Crippen molar-refractivity contribution in [2.24, 2.45) is 0 Å². The van der Waals surface area contributed by atoms with Gasteiger partial charge in [0.1, 0.15) is 12.4 Å². The van der Waals surface area contributed by atoms with Gasteiger partial charge in [-0.15, -0.1) is 0 Å². The molecule has 0 bridgehead atoms. The fourth-order valence-electron chi connectivity index (χ4n) is 4.10. The Kier molecular flexibility index (Phi) is 5.85. The number of hydrogen-bond donors (Lipinski definition) is 1. The maximum absolute atomic E-state index is 13.6. The van der Waals surface area contributed by atoms with E-state index in [0.717, 1.165) is 17.5 Å². The maximum atomic E-state index is 13.6. The van der Waals surface area contributed by atoms with Crippen LogP contribution in [-0.4, -0.2) is 32.0 Å². The molecular formula is C27H18F3N3O3. The van der Waals surface area contributed by atoms with E-state index < -0.39 is 29.7 Å². The molecule has 0 radical (unpaired) electrons. The lowest BCUT2D eigenvalue weighted by molar-refractivity contribution is -0.137. The number of carbonyl (C=O) groups excluding carboxylic acids is 1. The summed E-state index contributed by atoms with van der Waals surface area (Å²) in [7, 11) is 0. The molecule has 0 unspecified atom stereocenters. The number of para-hydroxylation sites is 1. The van der Waals surface area contributed by atoms with Crippen molar-refractivity contribution in [2.75, 3.05) is 6.61 Å². The Morgan fingerprint density at radius 1 is 0.972 bits per heavy atom. The monoisotopic (exact) mass is 489 g/mol. The molecule has 0 saturated carbocycles. The predicted molar refractivity (Wildman–Crippen MR) is 129 cm³/mol. The van der Waals surface area contributed by atoms with Crippen LogP contribution in [0.3, 0.4) is 0 Å². The molecule has 0 fully saturated rings. The second kappa shape index (κ2) is 9.01. The van der Waals surface area contributed by atoms with Crippen LogP contribution < -0.4 is 5.56 Å². The predicted octanol–water partition coefficient (Wildman–Crippen LogP) is 4.85. The Labute approximate surface area is 202 Å². The number of rotatable bonds is 5. The lowest BCUT2D eigenvalue weighted by atomic mass is 10.1. The minimum Gasteiger partial charge on any atom is -0.388 e. The van der Waals surface area contributed by atoms with Crippen LogP contribution in [0.1, 0.15) is 21.5 Å². The Balaban J connectivity index is 1.74. The molecule has 3 aromatic carbocycles. The molecule has 180 valence electrons. The first-order valence-corrected chi connectivity index (χ1v) is 10.9. The molecule has 2 heterocycles. The highest BCUT2D eigenvalue weighted by atomic mass is 19.4. The van der Waals surface area contributed by atoms with Gasteiger partial charge in [-0.05, 0) is 42.0 Å². The van der Waals surface area contributed by atoms with Crippen LogP contribution in [0.2, 0.25) is 0 Å². The lowest BCUT2D eigenvalue weighted by Crippen LogP contribution is -2.24. The number of alkyl halides is 3. The van der Waals surface area contributed by atoms with Gasteiger partial charge in [0, 0.05) is 22.7 Å². The van der Waals surface area contributed by atoms with Gasteiger partial charge >= 0.3 is 6.18 Å². The highest BCUT2D eigenvalue weighted by Gasteiger charge is 2.30. The number of ketones is 1. The van der Waals surface area contributed by atoms with Crippen LogP contribution in [0.15, 0.2) is 83.8 Å². The zero-order valence-electron chi connectivity index (χ0n) is 18.7. The minimum absolute atomic E-state index is 0.0320.